The van der Waals surface area contributed by atoms with Gasteiger partial charge in [-0.2, -0.15) is 0 Å². The molecular formula is C22H27NO. The number of hydrogen-bond donors (Lipinski definition) is 1. The standard InChI is InChI=1S/C22H27NO/c1-19(18-23-15-9-4-10-16-23)22(24,21-13-7-3-8-14-21)17-20-11-5-2-6-12-20/h2-3,5-8,11-14,24H,1,4,9-10,15-18H2. The van der Waals surface area contributed by atoms with Gasteiger partial charge < -0.3 is 5.11 Å². The fourth-order valence-corrected chi connectivity index (χ4v) is 3.55. The minimum Gasteiger partial charge on any atom is -0.380 e. The van der Waals surface area contributed by atoms with Crippen LogP contribution in [0.5, 0.6) is 0 Å². The van der Waals surface area contributed by atoms with Gasteiger partial charge in [0.05, 0.1) is 0 Å². The Hall–Kier alpha value is -1.90. The zero-order chi connectivity index (χ0) is 16.8. The molecule has 2 heteroatoms. The first-order valence-electron chi connectivity index (χ1n) is 8.91. The van der Waals surface area contributed by atoms with Gasteiger partial charge in [-0.3, -0.25) is 4.90 Å². The van der Waals surface area contributed by atoms with Crippen LogP contribution in [0.4, 0.5) is 0 Å². The summed E-state index contributed by atoms with van der Waals surface area (Å²) in [6, 6.07) is 20.2. The van der Waals surface area contributed by atoms with E-state index in [2.05, 4.69) is 23.6 Å². The number of rotatable bonds is 6. The average Bonchev–Trinajstić information content (AvgIpc) is 2.64. The van der Waals surface area contributed by atoms with Gasteiger partial charge in [0.1, 0.15) is 5.60 Å². The summed E-state index contributed by atoms with van der Waals surface area (Å²) in [4.78, 5) is 2.42. The second kappa shape index (κ2) is 7.78. The lowest BCUT2D eigenvalue weighted by Crippen LogP contribution is -2.39. The molecule has 24 heavy (non-hydrogen) atoms. The summed E-state index contributed by atoms with van der Waals surface area (Å²) in [7, 11) is 0. The second-order valence-corrected chi connectivity index (χ2v) is 6.83. The van der Waals surface area contributed by atoms with Crippen LogP contribution in [-0.2, 0) is 12.0 Å². The smallest absolute Gasteiger partial charge is 0.116 e. The van der Waals surface area contributed by atoms with Gasteiger partial charge in [0.15, 0.2) is 0 Å². The van der Waals surface area contributed by atoms with Crippen molar-refractivity contribution in [1.29, 1.82) is 0 Å². The van der Waals surface area contributed by atoms with Crippen molar-refractivity contribution >= 4 is 0 Å². The minimum atomic E-state index is -1.03. The molecule has 0 saturated carbocycles. The lowest BCUT2D eigenvalue weighted by Gasteiger charge is -2.35. The zero-order valence-electron chi connectivity index (χ0n) is 14.3. The Morgan fingerprint density at radius 1 is 0.917 bits per heavy atom. The quantitative estimate of drug-likeness (QED) is 0.808. The van der Waals surface area contributed by atoms with E-state index in [1.807, 2.05) is 48.5 Å². The predicted molar refractivity (Wildman–Crippen MR) is 99.9 cm³/mol. The number of benzene rings is 2. The first kappa shape index (κ1) is 16.9. The maximum atomic E-state index is 11.6. The summed E-state index contributed by atoms with van der Waals surface area (Å²) in [6.45, 7) is 7.28. The van der Waals surface area contributed by atoms with E-state index in [1.165, 1.54) is 19.3 Å². The van der Waals surface area contributed by atoms with Crippen LogP contribution in [0.3, 0.4) is 0 Å². The van der Waals surface area contributed by atoms with Crippen LogP contribution >= 0.6 is 0 Å². The van der Waals surface area contributed by atoms with Gasteiger partial charge in [-0.1, -0.05) is 73.7 Å². The van der Waals surface area contributed by atoms with Crippen molar-refractivity contribution in [3.05, 3.63) is 83.9 Å². The number of likely N-dealkylation sites (tertiary alicyclic amines) is 1. The normalized spacial score (nSPS) is 18.0. The van der Waals surface area contributed by atoms with Gasteiger partial charge in [0.2, 0.25) is 0 Å². The summed E-state index contributed by atoms with van der Waals surface area (Å²) < 4.78 is 0. The van der Waals surface area contributed by atoms with Crippen molar-refractivity contribution in [1.82, 2.24) is 4.90 Å². The van der Waals surface area contributed by atoms with Gasteiger partial charge in [-0.25, -0.2) is 0 Å². The maximum Gasteiger partial charge on any atom is 0.116 e. The molecule has 1 aliphatic rings. The number of hydrogen-bond acceptors (Lipinski definition) is 2. The molecule has 1 saturated heterocycles. The molecule has 2 nitrogen and oxygen atoms in total. The first-order chi connectivity index (χ1) is 11.7. The molecule has 0 aliphatic carbocycles. The molecule has 1 aliphatic heterocycles. The van der Waals surface area contributed by atoms with E-state index in [9.17, 15) is 5.11 Å². The maximum absolute atomic E-state index is 11.6. The molecule has 2 aromatic carbocycles. The topological polar surface area (TPSA) is 23.5 Å². The van der Waals surface area contributed by atoms with Crippen molar-refractivity contribution in [2.45, 2.75) is 31.3 Å². The molecule has 3 rings (SSSR count). The highest BCUT2D eigenvalue weighted by Gasteiger charge is 2.33. The molecule has 1 fully saturated rings. The molecule has 0 amide bonds. The lowest BCUT2D eigenvalue weighted by atomic mass is 9.81. The van der Waals surface area contributed by atoms with Gasteiger partial charge in [0, 0.05) is 13.0 Å². The largest absolute Gasteiger partial charge is 0.380 e. The molecule has 0 radical (unpaired) electrons. The van der Waals surface area contributed by atoms with Crippen LogP contribution in [0.25, 0.3) is 0 Å². The average molecular weight is 321 g/mol. The SMILES string of the molecule is C=C(CN1CCCCC1)C(O)(Cc1ccccc1)c1ccccc1. The first-order valence-corrected chi connectivity index (χ1v) is 8.91. The Kier molecular flexibility index (Phi) is 5.49. The summed E-state index contributed by atoms with van der Waals surface area (Å²) in [6.07, 6.45) is 4.37. The fourth-order valence-electron chi connectivity index (χ4n) is 3.55. The second-order valence-electron chi connectivity index (χ2n) is 6.83. The predicted octanol–water partition coefficient (Wildman–Crippen LogP) is 4.16. The van der Waals surface area contributed by atoms with Crippen molar-refractivity contribution in [3.63, 3.8) is 0 Å². The van der Waals surface area contributed by atoms with Crippen molar-refractivity contribution < 1.29 is 5.11 Å². The summed E-state index contributed by atoms with van der Waals surface area (Å²) in [5.41, 5.74) is 1.92. The van der Waals surface area contributed by atoms with E-state index in [4.69, 9.17) is 0 Å². The van der Waals surface area contributed by atoms with E-state index >= 15 is 0 Å². The van der Waals surface area contributed by atoms with Crippen LogP contribution in [0.1, 0.15) is 30.4 Å². The Labute approximate surface area is 145 Å². The van der Waals surface area contributed by atoms with Crippen LogP contribution in [0, 0.1) is 0 Å². The Morgan fingerprint density at radius 3 is 2.12 bits per heavy atom. The summed E-state index contributed by atoms with van der Waals surface area (Å²) >= 11 is 0. The zero-order valence-corrected chi connectivity index (χ0v) is 14.3. The van der Waals surface area contributed by atoms with E-state index in [0.717, 1.165) is 36.3 Å². The molecule has 1 unspecified atom stereocenters. The Balaban J connectivity index is 1.85. The number of aliphatic hydroxyl groups is 1. The van der Waals surface area contributed by atoms with Gasteiger partial charge in [0.25, 0.3) is 0 Å². The third kappa shape index (κ3) is 3.95. The van der Waals surface area contributed by atoms with Crippen molar-refractivity contribution in [2.24, 2.45) is 0 Å². The molecule has 0 aromatic heterocycles. The molecule has 1 N–H and O–H groups in total. The molecule has 1 heterocycles. The van der Waals surface area contributed by atoms with Crippen LogP contribution in [-0.4, -0.2) is 29.6 Å². The third-order valence-electron chi connectivity index (χ3n) is 5.00. The molecule has 0 bridgehead atoms. The third-order valence-corrected chi connectivity index (χ3v) is 5.00. The molecule has 1 atom stereocenters. The van der Waals surface area contributed by atoms with Crippen molar-refractivity contribution in [3.8, 4) is 0 Å². The van der Waals surface area contributed by atoms with Gasteiger partial charge >= 0.3 is 0 Å². The Morgan fingerprint density at radius 2 is 1.50 bits per heavy atom. The molecule has 126 valence electrons. The van der Waals surface area contributed by atoms with Crippen LogP contribution in [0.2, 0.25) is 0 Å². The van der Waals surface area contributed by atoms with Crippen molar-refractivity contribution in [2.75, 3.05) is 19.6 Å². The number of piperidine rings is 1. The lowest BCUT2D eigenvalue weighted by molar-refractivity contribution is 0.0659. The highest BCUT2D eigenvalue weighted by molar-refractivity contribution is 5.35. The Bertz CT molecular complexity index is 646. The molecular weight excluding hydrogens is 294 g/mol. The van der Waals surface area contributed by atoms with Gasteiger partial charge in [-0.15, -0.1) is 0 Å². The minimum absolute atomic E-state index is 0.560. The monoisotopic (exact) mass is 321 g/mol. The van der Waals surface area contributed by atoms with Crippen LogP contribution in [0.15, 0.2) is 72.8 Å². The molecule has 2 aromatic rings. The summed E-state index contributed by atoms with van der Waals surface area (Å²) in [5.74, 6) is 0. The van der Waals surface area contributed by atoms with Gasteiger partial charge in [-0.05, 0) is 42.6 Å². The summed E-state index contributed by atoms with van der Waals surface area (Å²) in [5, 5.41) is 11.6. The fraction of sp³-hybridized carbons (Fsp3) is 0.364. The van der Waals surface area contributed by atoms with E-state index in [-0.39, 0.29) is 0 Å². The van der Waals surface area contributed by atoms with E-state index in [1.54, 1.807) is 0 Å². The van der Waals surface area contributed by atoms with E-state index in [0.29, 0.717) is 6.42 Å². The highest BCUT2D eigenvalue weighted by Crippen LogP contribution is 2.33. The number of nitrogens with zero attached hydrogens (tertiary/aromatic N) is 1. The molecule has 0 spiro atoms. The van der Waals surface area contributed by atoms with E-state index < -0.39 is 5.60 Å². The van der Waals surface area contributed by atoms with Crippen LogP contribution < -0.4 is 0 Å². The highest BCUT2D eigenvalue weighted by atomic mass is 16.3.